The van der Waals surface area contributed by atoms with Crippen LogP contribution in [0.25, 0.3) is 10.9 Å². The van der Waals surface area contributed by atoms with Gasteiger partial charge < -0.3 is 14.4 Å². The third kappa shape index (κ3) is 2.64. The molecule has 0 bridgehead atoms. The standard InChI is InChI=1S/C12H10F3NO3/c1-16-5-4-7-2-3-8(17)9(10(7)16)11(18)19-6-12(13,14)15/h2-5,17H,6H2,1H3. The summed E-state index contributed by atoms with van der Waals surface area (Å²) in [5, 5.41) is 10.3. The highest BCUT2D eigenvalue weighted by atomic mass is 19.4. The van der Waals surface area contributed by atoms with Crippen LogP contribution in [0.1, 0.15) is 10.4 Å². The van der Waals surface area contributed by atoms with Crippen molar-refractivity contribution in [1.29, 1.82) is 0 Å². The molecule has 19 heavy (non-hydrogen) atoms. The number of alkyl halides is 3. The molecule has 0 radical (unpaired) electrons. The summed E-state index contributed by atoms with van der Waals surface area (Å²) in [7, 11) is 1.61. The van der Waals surface area contributed by atoms with Gasteiger partial charge in [0.2, 0.25) is 0 Å². The summed E-state index contributed by atoms with van der Waals surface area (Å²) in [6.07, 6.45) is -2.97. The fourth-order valence-electron chi connectivity index (χ4n) is 1.80. The summed E-state index contributed by atoms with van der Waals surface area (Å²) in [6.45, 7) is -1.69. The molecule has 1 heterocycles. The SMILES string of the molecule is Cn1ccc2ccc(O)c(C(=O)OCC(F)(F)F)c21. The number of aryl methyl sites for hydroxylation is 1. The lowest BCUT2D eigenvalue weighted by molar-refractivity contribution is -0.161. The average Bonchev–Trinajstić information content (AvgIpc) is 2.67. The number of esters is 1. The van der Waals surface area contributed by atoms with Crippen LogP contribution in [-0.2, 0) is 11.8 Å². The van der Waals surface area contributed by atoms with E-state index in [1.54, 1.807) is 25.4 Å². The Labute approximate surface area is 106 Å². The molecule has 0 aliphatic heterocycles. The first-order valence-corrected chi connectivity index (χ1v) is 5.30. The largest absolute Gasteiger partial charge is 0.507 e. The van der Waals surface area contributed by atoms with Crippen molar-refractivity contribution in [1.82, 2.24) is 4.57 Å². The van der Waals surface area contributed by atoms with Crippen LogP contribution < -0.4 is 0 Å². The second-order valence-corrected chi connectivity index (χ2v) is 4.02. The predicted molar refractivity (Wildman–Crippen MR) is 60.9 cm³/mol. The van der Waals surface area contributed by atoms with Crippen LogP contribution in [0.2, 0.25) is 0 Å². The minimum atomic E-state index is -4.60. The summed E-state index contributed by atoms with van der Waals surface area (Å²) < 4.78 is 41.8. The Morgan fingerprint density at radius 2 is 2.05 bits per heavy atom. The number of benzene rings is 1. The molecule has 1 aromatic heterocycles. The number of carbonyl (C=O) groups is 1. The number of aromatic nitrogens is 1. The van der Waals surface area contributed by atoms with Gasteiger partial charge in [-0.1, -0.05) is 0 Å². The van der Waals surface area contributed by atoms with Gasteiger partial charge >= 0.3 is 12.1 Å². The first-order valence-electron chi connectivity index (χ1n) is 5.30. The van der Waals surface area contributed by atoms with Crippen molar-refractivity contribution in [2.24, 2.45) is 7.05 Å². The molecule has 0 saturated heterocycles. The first-order chi connectivity index (χ1) is 8.79. The second-order valence-electron chi connectivity index (χ2n) is 4.02. The van der Waals surface area contributed by atoms with Crippen molar-refractivity contribution in [2.45, 2.75) is 6.18 Å². The number of aromatic hydroxyl groups is 1. The van der Waals surface area contributed by atoms with Crippen molar-refractivity contribution in [2.75, 3.05) is 6.61 Å². The van der Waals surface area contributed by atoms with Crippen LogP contribution in [0.15, 0.2) is 24.4 Å². The van der Waals surface area contributed by atoms with Crippen LogP contribution >= 0.6 is 0 Å². The van der Waals surface area contributed by atoms with Crippen molar-refractivity contribution in [3.63, 3.8) is 0 Å². The van der Waals surface area contributed by atoms with Crippen LogP contribution in [0, 0.1) is 0 Å². The van der Waals surface area contributed by atoms with Crippen molar-refractivity contribution >= 4 is 16.9 Å². The van der Waals surface area contributed by atoms with Gasteiger partial charge in [0.25, 0.3) is 0 Å². The van der Waals surface area contributed by atoms with Gasteiger partial charge in [-0.25, -0.2) is 4.79 Å². The number of hydrogen-bond donors (Lipinski definition) is 1. The monoisotopic (exact) mass is 273 g/mol. The van der Waals surface area contributed by atoms with E-state index in [0.717, 1.165) is 0 Å². The van der Waals surface area contributed by atoms with Gasteiger partial charge in [0, 0.05) is 18.6 Å². The third-order valence-corrected chi connectivity index (χ3v) is 2.59. The topological polar surface area (TPSA) is 51.5 Å². The molecule has 1 aromatic carbocycles. The fraction of sp³-hybridized carbons (Fsp3) is 0.250. The molecule has 7 heteroatoms. The molecule has 102 valence electrons. The molecule has 1 N–H and O–H groups in total. The molecule has 0 saturated carbocycles. The van der Waals surface area contributed by atoms with Gasteiger partial charge in [-0.2, -0.15) is 13.2 Å². The third-order valence-electron chi connectivity index (χ3n) is 2.59. The van der Waals surface area contributed by atoms with Gasteiger partial charge in [0.1, 0.15) is 11.3 Å². The maximum Gasteiger partial charge on any atom is 0.422 e. The average molecular weight is 273 g/mol. The molecule has 0 amide bonds. The zero-order valence-electron chi connectivity index (χ0n) is 9.86. The van der Waals surface area contributed by atoms with E-state index in [0.29, 0.717) is 10.9 Å². The molecule has 0 aliphatic carbocycles. The number of phenols is 1. The van der Waals surface area contributed by atoms with Gasteiger partial charge in [-0.3, -0.25) is 0 Å². The van der Waals surface area contributed by atoms with Gasteiger partial charge in [-0.15, -0.1) is 0 Å². The maximum atomic E-state index is 12.0. The molecular weight excluding hydrogens is 263 g/mol. The zero-order valence-corrected chi connectivity index (χ0v) is 9.86. The lowest BCUT2D eigenvalue weighted by atomic mass is 10.1. The number of rotatable bonds is 2. The number of phenolic OH excluding ortho intramolecular Hbond substituents is 1. The molecule has 0 spiro atoms. The van der Waals surface area contributed by atoms with Crippen molar-refractivity contribution in [3.05, 3.63) is 30.0 Å². The Hall–Kier alpha value is -2.18. The van der Waals surface area contributed by atoms with Crippen molar-refractivity contribution in [3.8, 4) is 5.75 Å². The minimum Gasteiger partial charge on any atom is -0.507 e. The van der Waals surface area contributed by atoms with E-state index in [1.165, 1.54) is 10.6 Å². The number of nitrogens with zero attached hydrogens (tertiary/aromatic N) is 1. The molecule has 2 aromatic rings. The highest BCUT2D eigenvalue weighted by Gasteiger charge is 2.31. The van der Waals surface area contributed by atoms with E-state index >= 15 is 0 Å². The number of hydrogen-bond acceptors (Lipinski definition) is 3. The number of ether oxygens (including phenoxy) is 1. The van der Waals surface area contributed by atoms with E-state index in [1.807, 2.05) is 0 Å². The Balaban J connectivity index is 2.41. The Bertz CT molecular complexity index is 631. The quantitative estimate of drug-likeness (QED) is 0.856. The van der Waals surface area contributed by atoms with E-state index < -0.39 is 24.5 Å². The van der Waals surface area contributed by atoms with Crippen molar-refractivity contribution < 1.29 is 27.8 Å². The Morgan fingerprint density at radius 3 is 2.68 bits per heavy atom. The highest BCUT2D eigenvalue weighted by Crippen LogP contribution is 2.28. The van der Waals surface area contributed by atoms with Gasteiger partial charge in [-0.05, 0) is 18.2 Å². The van der Waals surface area contributed by atoms with Crippen LogP contribution in [0.5, 0.6) is 5.75 Å². The zero-order chi connectivity index (χ0) is 14.2. The number of fused-ring (bicyclic) bond motifs is 1. The summed E-state index contributed by atoms with van der Waals surface area (Å²) >= 11 is 0. The Morgan fingerprint density at radius 1 is 1.37 bits per heavy atom. The first kappa shape index (κ1) is 13.3. The molecule has 0 aliphatic rings. The van der Waals surface area contributed by atoms with E-state index in [2.05, 4.69) is 4.74 Å². The van der Waals surface area contributed by atoms with Gasteiger partial charge in [0.15, 0.2) is 6.61 Å². The van der Waals surface area contributed by atoms with Crippen LogP contribution in [-0.4, -0.2) is 28.4 Å². The molecule has 0 unspecified atom stereocenters. The summed E-state index contributed by atoms with van der Waals surface area (Å²) in [6, 6.07) is 4.48. The number of halogens is 3. The maximum absolute atomic E-state index is 12.0. The summed E-state index contributed by atoms with van der Waals surface area (Å²) in [4.78, 5) is 11.7. The number of carbonyl (C=O) groups excluding carboxylic acids is 1. The van der Waals surface area contributed by atoms with Crippen LogP contribution in [0.4, 0.5) is 13.2 Å². The van der Waals surface area contributed by atoms with E-state index in [9.17, 15) is 23.1 Å². The molecule has 0 fully saturated rings. The fourth-order valence-corrected chi connectivity index (χ4v) is 1.80. The van der Waals surface area contributed by atoms with E-state index in [4.69, 9.17) is 0 Å². The smallest absolute Gasteiger partial charge is 0.422 e. The van der Waals surface area contributed by atoms with Crippen LogP contribution in [0.3, 0.4) is 0 Å². The lowest BCUT2D eigenvalue weighted by Gasteiger charge is -2.10. The van der Waals surface area contributed by atoms with E-state index in [-0.39, 0.29) is 5.56 Å². The molecule has 4 nitrogen and oxygen atoms in total. The lowest BCUT2D eigenvalue weighted by Crippen LogP contribution is -2.20. The molecule has 0 atom stereocenters. The highest BCUT2D eigenvalue weighted by molar-refractivity contribution is 6.05. The predicted octanol–water partition coefficient (Wildman–Crippen LogP) is 2.60. The summed E-state index contributed by atoms with van der Waals surface area (Å²) in [5.41, 5.74) is 0.0569. The normalized spacial score (nSPS) is 11.8. The second kappa shape index (κ2) is 4.49. The Kier molecular flexibility index (Phi) is 3.13. The molecule has 2 rings (SSSR count). The van der Waals surface area contributed by atoms with Gasteiger partial charge in [0.05, 0.1) is 5.52 Å². The summed E-state index contributed by atoms with van der Waals surface area (Å²) in [5.74, 6) is -1.62. The minimum absolute atomic E-state index is 0.269. The molecular formula is C12H10F3NO3.